The first-order chi connectivity index (χ1) is 19.7. The van der Waals surface area contributed by atoms with Crippen LogP contribution in [0.2, 0.25) is 0 Å². The van der Waals surface area contributed by atoms with E-state index in [2.05, 4.69) is 0 Å². The number of hydrogen-bond donors (Lipinski definition) is 0. The monoisotopic (exact) mass is 634 g/mol. The molecule has 0 aliphatic carbocycles. The van der Waals surface area contributed by atoms with Gasteiger partial charge in [-0.15, -0.1) is 0 Å². The van der Waals surface area contributed by atoms with Crippen molar-refractivity contribution in [2.75, 3.05) is 19.4 Å². The van der Waals surface area contributed by atoms with Gasteiger partial charge in [-0.3, -0.25) is 14.2 Å². The van der Waals surface area contributed by atoms with Crippen LogP contribution in [0.4, 0.5) is 17.6 Å². The largest absolute Gasteiger partial charge is 0.459 e. The first kappa shape index (κ1) is 39.7. The smallest absolute Gasteiger partial charge is 0.341 e. The summed E-state index contributed by atoms with van der Waals surface area (Å²) < 4.78 is 81.9. The topological polar surface area (TPSA) is 105 Å². The van der Waals surface area contributed by atoms with Gasteiger partial charge in [-0.1, -0.05) is 6.07 Å². The number of halogens is 4. The van der Waals surface area contributed by atoms with Gasteiger partial charge in [0.2, 0.25) is 0 Å². The quantitative estimate of drug-likeness (QED) is 0.0909. The average molecular weight is 635 g/mol. The summed E-state index contributed by atoms with van der Waals surface area (Å²) in [6.45, 7) is 14.3. The van der Waals surface area contributed by atoms with Crippen LogP contribution < -0.4 is 0 Å². The van der Waals surface area contributed by atoms with Gasteiger partial charge in [-0.05, 0) is 97.4 Å². The third-order valence-electron chi connectivity index (χ3n) is 4.24. The number of aldehydes is 1. The summed E-state index contributed by atoms with van der Waals surface area (Å²) in [5, 5.41) is 0. The fourth-order valence-corrected chi connectivity index (χ4v) is 4.18. The van der Waals surface area contributed by atoms with E-state index in [-0.39, 0.29) is 24.9 Å². The van der Waals surface area contributed by atoms with E-state index in [1.807, 2.05) is 0 Å². The van der Waals surface area contributed by atoms with Crippen molar-refractivity contribution in [3.63, 3.8) is 0 Å². The molecule has 0 aromatic heterocycles. The molecule has 0 aliphatic rings. The number of rotatable bonds is 9. The van der Waals surface area contributed by atoms with Crippen LogP contribution in [0.15, 0.2) is 42.5 Å². The number of ether oxygens (including phenoxy) is 2. The Morgan fingerprint density at radius 2 is 1.19 bits per heavy atom. The molecule has 2 aromatic carbocycles. The molecule has 0 aliphatic heterocycles. The van der Waals surface area contributed by atoms with E-state index >= 15 is 0 Å². The van der Waals surface area contributed by atoms with E-state index in [4.69, 9.17) is 18.5 Å². The molecule has 0 saturated heterocycles. The first-order valence-corrected chi connectivity index (χ1v) is 14.8. The maximum absolute atomic E-state index is 12.8. The third-order valence-corrected chi connectivity index (χ3v) is 6.19. The van der Waals surface area contributed by atoms with Crippen molar-refractivity contribution in [1.82, 2.24) is 0 Å². The highest BCUT2D eigenvalue weighted by Gasteiger charge is 2.30. The zero-order chi connectivity index (χ0) is 33.4. The molecule has 0 unspecified atom stereocenters. The molecule has 8 nitrogen and oxygen atoms in total. The van der Waals surface area contributed by atoms with Gasteiger partial charge in [-0.2, -0.15) is 0 Å². The van der Waals surface area contributed by atoms with E-state index in [1.54, 1.807) is 55.4 Å². The molecule has 0 saturated carbocycles. The van der Waals surface area contributed by atoms with Gasteiger partial charge < -0.3 is 18.5 Å². The molecule has 240 valence electrons. The van der Waals surface area contributed by atoms with Gasteiger partial charge in [0.1, 0.15) is 23.7 Å². The highest BCUT2D eigenvalue weighted by atomic mass is 31.2. The lowest BCUT2D eigenvalue weighted by molar-refractivity contribution is -0.152. The van der Waals surface area contributed by atoms with Gasteiger partial charge in [0.15, 0.2) is 23.3 Å². The van der Waals surface area contributed by atoms with Crippen molar-refractivity contribution >= 4 is 31.9 Å². The molecular formula is C30H39F4O8P. The van der Waals surface area contributed by atoms with Crippen LogP contribution in [0.3, 0.4) is 0 Å². The van der Waals surface area contributed by atoms with Gasteiger partial charge in [0.05, 0.1) is 13.2 Å². The second-order valence-electron chi connectivity index (χ2n) is 10.5. The van der Waals surface area contributed by atoms with E-state index < -0.39 is 54.0 Å². The van der Waals surface area contributed by atoms with Gasteiger partial charge in [0, 0.05) is 11.6 Å². The van der Waals surface area contributed by atoms with Crippen molar-refractivity contribution < 1.29 is 55.0 Å². The Morgan fingerprint density at radius 1 is 0.744 bits per heavy atom. The molecular weight excluding hydrogens is 595 g/mol. The SMILES string of the molecule is CC(C)(C)OC(=O)/C=C/c1ccc(F)c(F)c1.CCOP(=O)(CC(=O)OC(C)(C)C)OCC.O=Cc1ccc(F)c(F)c1. The number of hydrogen-bond acceptors (Lipinski definition) is 8. The molecule has 43 heavy (non-hydrogen) atoms. The van der Waals surface area contributed by atoms with Crippen molar-refractivity contribution in [3.05, 3.63) is 76.9 Å². The fraction of sp³-hybridized carbons (Fsp3) is 0.433. The van der Waals surface area contributed by atoms with Gasteiger partial charge in [0.25, 0.3) is 0 Å². The summed E-state index contributed by atoms with van der Waals surface area (Å²) in [6, 6.07) is 6.37. The average Bonchev–Trinajstić information content (AvgIpc) is 2.85. The minimum atomic E-state index is -3.34. The lowest BCUT2D eigenvalue weighted by Gasteiger charge is -2.21. The van der Waals surface area contributed by atoms with Crippen LogP contribution in [-0.4, -0.2) is 48.8 Å². The molecule has 13 heteroatoms. The minimum absolute atomic E-state index is 0.138. The van der Waals surface area contributed by atoms with Crippen LogP contribution in [0.5, 0.6) is 0 Å². The van der Waals surface area contributed by atoms with E-state index in [0.29, 0.717) is 11.8 Å². The Morgan fingerprint density at radius 3 is 1.58 bits per heavy atom. The normalized spacial score (nSPS) is 11.5. The predicted molar refractivity (Wildman–Crippen MR) is 155 cm³/mol. The fourth-order valence-electron chi connectivity index (χ4n) is 2.76. The van der Waals surface area contributed by atoms with Crippen molar-refractivity contribution in [2.24, 2.45) is 0 Å². The number of carbonyl (C=O) groups is 3. The Labute approximate surface area is 249 Å². The lowest BCUT2D eigenvalue weighted by Crippen LogP contribution is -2.26. The predicted octanol–water partition coefficient (Wildman–Crippen LogP) is 7.69. The summed E-state index contributed by atoms with van der Waals surface area (Å²) in [4.78, 5) is 32.8. The van der Waals surface area contributed by atoms with Crippen LogP contribution in [-0.2, 0) is 32.7 Å². The highest BCUT2D eigenvalue weighted by molar-refractivity contribution is 7.54. The molecule has 0 amide bonds. The molecule has 0 heterocycles. The third kappa shape index (κ3) is 18.7. The van der Waals surface area contributed by atoms with E-state index in [0.717, 1.165) is 24.3 Å². The Hall–Kier alpha value is -3.34. The van der Waals surface area contributed by atoms with Crippen LogP contribution >= 0.6 is 7.60 Å². The summed E-state index contributed by atoms with van der Waals surface area (Å²) >= 11 is 0. The molecule has 0 radical (unpaired) electrons. The maximum atomic E-state index is 12.8. The highest BCUT2D eigenvalue weighted by Crippen LogP contribution is 2.48. The summed E-state index contributed by atoms with van der Waals surface area (Å²) in [7, 11) is -3.34. The Kier molecular flexibility index (Phi) is 16.9. The van der Waals surface area contributed by atoms with E-state index in [9.17, 15) is 36.5 Å². The van der Waals surface area contributed by atoms with Gasteiger partial charge >= 0.3 is 19.5 Å². The van der Waals surface area contributed by atoms with Crippen molar-refractivity contribution in [3.8, 4) is 0 Å². The molecule has 2 aromatic rings. The molecule has 0 atom stereocenters. The Bertz CT molecular complexity index is 1270. The summed E-state index contributed by atoms with van der Waals surface area (Å²) in [5.74, 6) is -4.90. The lowest BCUT2D eigenvalue weighted by atomic mass is 10.2. The summed E-state index contributed by atoms with van der Waals surface area (Å²) in [5.41, 5.74) is -0.635. The molecule has 0 bridgehead atoms. The number of esters is 2. The molecule has 0 fully saturated rings. The second-order valence-corrected chi connectivity index (χ2v) is 12.6. The molecule has 0 N–H and O–H groups in total. The van der Waals surface area contributed by atoms with Crippen LogP contribution in [0.1, 0.15) is 71.3 Å². The molecule has 0 spiro atoms. The number of carbonyl (C=O) groups excluding carboxylic acids is 3. The first-order valence-electron chi connectivity index (χ1n) is 13.1. The minimum Gasteiger partial charge on any atom is -0.459 e. The number of benzene rings is 2. The zero-order valence-electron chi connectivity index (χ0n) is 25.5. The maximum Gasteiger partial charge on any atom is 0.341 e. The van der Waals surface area contributed by atoms with Crippen LogP contribution in [0.25, 0.3) is 6.08 Å². The Balaban J connectivity index is 0.000000635. The summed E-state index contributed by atoms with van der Waals surface area (Å²) in [6.07, 6.45) is 2.67. The molecule has 2 rings (SSSR count). The zero-order valence-corrected chi connectivity index (χ0v) is 26.4. The second kappa shape index (κ2) is 18.4. The van der Waals surface area contributed by atoms with Gasteiger partial charge in [-0.25, -0.2) is 22.4 Å². The van der Waals surface area contributed by atoms with Crippen molar-refractivity contribution in [2.45, 2.75) is 66.6 Å². The van der Waals surface area contributed by atoms with E-state index in [1.165, 1.54) is 24.3 Å². The standard InChI is InChI=1S/C13H14F2O2.C10H21O5P.C7H4F2O/c1-13(2,3)17-12(16)7-5-9-4-6-10(14)11(15)8-9;1-6-13-16(12,14-7-2)8-9(11)15-10(3,4)5;8-6-2-1-5(4-10)3-7(6)9/h4-8H,1-3H3;6-8H2,1-5H3;1-4H/b7-5+;;. The van der Waals surface area contributed by atoms with Crippen molar-refractivity contribution in [1.29, 1.82) is 0 Å². The van der Waals surface area contributed by atoms with Crippen LogP contribution in [0, 0.1) is 23.3 Å².